The van der Waals surface area contributed by atoms with Crippen molar-refractivity contribution in [2.75, 3.05) is 26.3 Å². The highest BCUT2D eigenvalue weighted by molar-refractivity contribution is 5.91. The maximum absolute atomic E-state index is 13.8. The molecule has 1 saturated carbocycles. The van der Waals surface area contributed by atoms with E-state index in [1.54, 1.807) is 12.1 Å². The lowest BCUT2D eigenvalue weighted by atomic mass is 9.51. The van der Waals surface area contributed by atoms with Gasteiger partial charge in [0.1, 0.15) is 5.82 Å². The third-order valence-electron chi connectivity index (χ3n) is 7.06. The van der Waals surface area contributed by atoms with Crippen LogP contribution in [-0.2, 0) is 14.3 Å². The highest BCUT2D eigenvalue weighted by Gasteiger charge is 2.58. The lowest BCUT2D eigenvalue weighted by molar-refractivity contribution is -0.151. The van der Waals surface area contributed by atoms with Crippen LogP contribution < -0.4 is 5.43 Å². The first-order valence-electron chi connectivity index (χ1n) is 12.2. The van der Waals surface area contributed by atoms with Crippen LogP contribution in [0.3, 0.4) is 0 Å². The monoisotopic (exact) mass is 485 g/mol. The molecule has 2 amide bonds. The molecule has 3 aromatic carbocycles. The predicted molar refractivity (Wildman–Crippen MR) is 135 cm³/mol. The molecule has 7 heteroatoms. The third kappa shape index (κ3) is 4.93. The third-order valence-corrected chi connectivity index (χ3v) is 7.06. The van der Waals surface area contributed by atoms with E-state index in [4.69, 9.17) is 4.74 Å². The van der Waals surface area contributed by atoms with Gasteiger partial charge in [0.25, 0.3) is 0 Å². The minimum Gasteiger partial charge on any atom is -0.378 e. The van der Waals surface area contributed by atoms with Crippen LogP contribution in [-0.4, -0.2) is 49.2 Å². The molecule has 0 radical (unpaired) electrons. The number of amides is 2. The standard InChI is InChI=1S/C29H28FN3O3/c30-23-13-7-8-20(18-23)19-31-32-28(34)26-24(21-9-3-1-4-10-21)27(25(26)22-11-5-2-6-12-22)29(35)33-14-16-36-17-15-33/h1-13,18-19,24-27H,14-17H2,(H,32,34). The Morgan fingerprint density at radius 3 is 2.06 bits per heavy atom. The molecule has 0 spiro atoms. The van der Waals surface area contributed by atoms with E-state index < -0.39 is 5.92 Å². The summed E-state index contributed by atoms with van der Waals surface area (Å²) in [6.45, 7) is 2.13. The summed E-state index contributed by atoms with van der Waals surface area (Å²) in [6, 6.07) is 25.4. The summed E-state index contributed by atoms with van der Waals surface area (Å²) in [5.41, 5.74) is 5.10. The molecule has 1 N–H and O–H groups in total. The number of nitrogens with one attached hydrogen (secondary N) is 1. The topological polar surface area (TPSA) is 71.0 Å². The highest BCUT2D eigenvalue weighted by Crippen LogP contribution is 2.58. The Bertz CT molecular complexity index is 1180. The largest absolute Gasteiger partial charge is 0.378 e. The van der Waals surface area contributed by atoms with Gasteiger partial charge in [0, 0.05) is 24.9 Å². The summed E-state index contributed by atoms with van der Waals surface area (Å²) >= 11 is 0. The molecular formula is C29H28FN3O3. The quantitative estimate of drug-likeness (QED) is 0.425. The van der Waals surface area contributed by atoms with Crippen molar-refractivity contribution in [2.45, 2.75) is 11.8 Å². The molecule has 3 aromatic rings. The van der Waals surface area contributed by atoms with E-state index in [2.05, 4.69) is 10.5 Å². The van der Waals surface area contributed by atoms with Crippen LogP contribution in [0.2, 0.25) is 0 Å². The Labute approximate surface area is 209 Å². The Hall–Kier alpha value is -3.84. The van der Waals surface area contributed by atoms with Gasteiger partial charge in [-0.2, -0.15) is 5.10 Å². The fourth-order valence-electron chi connectivity index (χ4n) is 5.39. The van der Waals surface area contributed by atoms with Gasteiger partial charge in [0.05, 0.1) is 31.3 Å². The van der Waals surface area contributed by atoms with Gasteiger partial charge >= 0.3 is 0 Å². The minimum atomic E-state index is -0.491. The summed E-state index contributed by atoms with van der Waals surface area (Å²) in [7, 11) is 0. The van der Waals surface area contributed by atoms with E-state index in [-0.39, 0.29) is 35.4 Å². The molecule has 5 rings (SSSR count). The van der Waals surface area contributed by atoms with Crippen LogP contribution in [0.1, 0.15) is 28.5 Å². The second kappa shape index (κ2) is 10.8. The highest BCUT2D eigenvalue weighted by atomic mass is 19.1. The van der Waals surface area contributed by atoms with E-state index in [0.29, 0.717) is 31.9 Å². The van der Waals surface area contributed by atoms with Gasteiger partial charge in [-0.3, -0.25) is 9.59 Å². The Balaban J connectivity index is 1.46. The molecule has 1 aliphatic heterocycles. The second-order valence-electron chi connectivity index (χ2n) is 9.15. The zero-order valence-electron chi connectivity index (χ0n) is 19.8. The summed E-state index contributed by atoms with van der Waals surface area (Å²) in [6.07, 6.45) is 1.42. The smallest absolute Gasteiger partial charge is 0.244 e. The number of nitrogens with zero attached hydrogens (tertiary/aromatic N) is 2. The zero-order valence-corrected chi connectivity index (χ0v) is 19.8. The molecular weight excluding hydrogens is 457 g/mol. The molecule has 2 atom stereocenters. The molecule has 1 aliphatic carbocycles. The average Bonchev–Trinajstić information content (AvgIpc) is 2.90. The van der Waals surface area contributed by atoms with Crippen LogP contribution in [0.25, 0.3) is 0 Å². The SMILES string of the molecule is O=C(NN=Cc1cccc(F)c1)C1C(c2ccccc2)C(C(=O)N2CCOCC2)C1c1ccccc1. The van der Waals surface area contributed by atoms with Gasteiger partial charge in [-0.05, 0) is 28.8 Å². The summed E-state index contributed by atoms with van der Waals surface area (Å²) in [4.78, 5) is 29.2. The summed E-state index contributed by atoms with van der Waals surface area (Å²) < 4.78 is 19.0. The minimum absolute atomic E-state index is 0.0494. The Morgan fingerprint density at radius 1 is 0.861 bits per heavy atom. The number of carbonyl (C=O) groups is 2. The molecule has 2 unspecified atom stereocenters. The molecule has 184 valence electrons. The first-order chi connectivity index (χ1) is 17.6. The van der Waals surface area contributed by atoms with Gasteiger partial charge < -0.3 is 9.64 Å². The molecule has 2 fully saturated rings. The number of hydrogen-bond donors (Lipinski definition) is 1. The van der Waals surface area contributed by atoms with Gasteiger partial charge in [-0.15, -0.1) is 0 Å². The number of hydrazone groups is 1. The molecule has 0 aromatic heterocycles. The molecule has 1 saturated heterocycles. The predicted octanol–water partition coefficient (Wildman–Crippen LogP) is 3.95. The van der Waals surface area contributed by atoms with Crippen molar-refractivity contribution in [2.24, 2.45) is 16.9 Å². The fraction of sp³-hybridized carbons (Fsp3) is 0.276. The summed E-state index contributed by atoms with van der Waals surface area (Å²) in [5, 5.41) is 4.10. The normalized spacial score (nSPS) is 23.8. The van der Waals surface area contributed by atoms with E-state index in [0.717, 1.165) is 11.1 Å². The Morgan fingerprint density at radius 2 is 1.47 bits per heavy atom. The lowest BCUT2D eigenvalue weighted by Gasteiger charge is -2.52. The number of hydrogen-bond acceptors (Lipinski definition) is 4. The number of carbonyl (C=O) groups excluding carboxylic acids is 2. The van der Waals surface area contributed by atoms with Crippen LogP contribution in [0.5, 0.6) is 0 Å². The first-order valence-corrected chi connectivity index (χ1v) is 12.2. The van der Waals surface area contributed by atoms with Crippen molar-refractivity contribution >= 4 is 18.0 Å². The second-order valence-corrected chi connectivity index (χ2v) is 9.15. The van der Waals surface area contributed by atoms with E-state index in [1.165, 1.54) is 18.3 Å². The first kappa shape index (κ1) is 23.9. The van der Waals surface area contributed by atoms with Crippen molar-refractivity contribution in [3.05, 3.63) is 107 Å². The van der Waals surface area contributed by atoms with Gasteiger partial charge in [-0.25, -0.2) is 9.82 Å². The summed E-state index contributed by atoms with van der Waals surface area (Å²) in [5.74, 6) is -2.05. The van der Waals surface area contributed by atoms with E-state index >= 15 is 0 Å². The van der Waals surface area contributed by atoms with Crippen molar-refractivity contribution in [1.29, 1.82) is 0 Å². The van der Waals surface area contributed by atoms with Crippen LogP contribution in [0.4, 0.5) is 4.39 Å². The van der Waals surface area contributed by atoms with Crippen LogP contribution in [0.15, 0.2) is 90.0 Å². The van der Waals surface area contributed by atoms with Gasteiger partial charge in [-0.1, -0.05) is 72.8 Å². The molecule has 6 nitrogen and oxygen atoms in total. The number of ether oxygens (including phenoxy) is 1. The van der Waals surface area contributed by atoms with Gasteiger partial charge in [0.2, 0.25) is 11.8 Å². The van der Waals surface area contributed by atoms with Crippen molar-refractivity contribution in [3.8, 4) is 0 Å². The van der Waals surface area contributed by atoms with E-state index in [1.807, 2.05) is 65.6 Å². The van der Waals surface area contributed by atoms with Gasteiger partial charge in [0.15, 0.2) is 0 Å². The van der Waals surface area contributed by atoms with Crippen molar-refractivity contribution in [1.82, 2.24) is 10.3 Å². The number of benzene rings is 3. The molecule has 1 heterocycles. The van der Waals surface area contributed by atoms with E-state index in [9.17, 15) is 14.0 Å². The number of morpholine rings is 1. The lowest BCUT2D eigenvalue weighted by Crippen LogP contribution is -2.57. The van der Waals surface area contributed by atoms with Crippen LogP contribution >= 0.6 is 0 Å². The van der Waals surface area contributed by atoms with Crippen molar-refractivity contribution in [3.63, 3.8) is 0 Å². The average molecular weight is 486 g/mol. The fourth-order valence-corrected chi connectivity index (χ4v) is 5.39. The maximum atomic E-state index is 13.8. The Kier molecular flexibility index (Phi) is 7.18. The number of halogens is 1. The van der Waals surface area contributed by atoms with Crippen molar-refractivity contribution < 1.29 is 18.7 Å². The molecule has 2 aliphatic rings. The zero-order chi connectivity index (χ0) is 24.9. The van der Waals surface area contributed by atoms with Crippen LogP contribution in [0, 0.1) is 17.7 Å². The molecule has 0 bridgehead atoms. The molecule has 36 heavy (non-hydrogen) atoms. The maximum Gasteiger partial charge on any atom is 0.244 e. The number of rotatable bonds is 6.